The van der Waals surface area contributed by atoms with Crippen LogP contribution in [0.3, 0.4) is 0 Å². The van der Waals surface area contributed by atoms with E-state index in [4.69, 9.17) is 5.73 Å². The van der Waals surface area contributed by atoms with Gasteiger partial charge in [-0.1, -0.05) is 31.2 Å². The van der Waals surface area contributed by atoms with Gasteiger partial charge in [0.25, 0.3) is 0 Å². The molecule has 1 unspecified atom stereocenters. The van der Waals surface area contributed by atoms with Crippen LogP contribution in [-0.2, 0) is 16.8 Å². The molecule has 3 N–H and O–H groups in total. The highest BCUT2D eigenvalue weighted by molar-refractivity contribution is 5.79. The Kier molecular flexibility index (Phi) is 4.00. The number of nitrogens with zero attached hydrogens (tertiary/aromatic N) is 1. The molecule has 0 aromatic heterocycles. The first-order chi connectivity index (χ1) is 10.1. The summed E-state index contributed by atoms with van der Waals surface area (Å²) in [5.74, 6) is 0.291. The Morgan fingerprint density at radius 1 is 1.33 bits per heavy atom. The smallest absolute Gasteiger partial charge is 0.225 e. The van der Waals surface area contributed by atoms with E-state index in [1.54, 1.807) is 0 Å². The van der Waals surface area contributed by atoms with Crippen molar-refractivity contribution >= 4 is 5.91 Å². The van der Waals surface area contributed by atoms with Gasteiger partial charge in [0.15, 0.2) is 0 Å². The quantitative estimate of drug-likeness (QED) is 0.876. The molecule has 1 amide bonds. The molecule has 4 nitrogen and oxygen atoms in total. The Hall–Kier alpha value is -1.39. The molecule has 0 spiro atoms. The van der Waals surface area contributed by atoms with E-state index in [-0.39, 0.29) is 17.4 Å². The van der Waals surface area contributed by atoms with Crippen LogP contribution in [0.2, 0.25) is 0 Å². The van der Waals surface area contributed by atoms with Crippen LogP contribution in [-0.4, -0.2) is 37.0 Å². The molecule has 1 heterocycles. The fourth-order valence-electron chi connectivity index (χ4n) is 3.20. The fraction of sp³-hybridized carbons (Fsp3) is 0.588. The average Bonchev–Trinajstić information content (AvgIpc) is 3.26. The molecule has 114 valence electrons. The number of nitrogens with two attached hydrogens (primary N) is 1. The summed E-state index contributed by atoms with van der Waals surface area (Å²) in [5.41, 5.74) is 8.71. The number of benzene rings is 1. The van der Waals surface area contributed by atoms with Gasteiger partial charge in [0, 0.05) is 37.6 Å². The molecule has 1 aliphatic heterocycles. The Morgan fingerprint density at radius 2 is 2.00 bits per heavy atom. The first-order valence-corrected chi connectivity index (χ1v) is 7.97. The minimum absolute atomic E-state index is 0.0200. The van der Waals surface area contributed by atoms with E-state index in [9.17, 15) is 4.79 Å². The third-order valence-electron chi connectivity index (χ3n) is 4.72. The topological polar surface area (TPSA) is 58.4 Å². The van der Waals surface area contributed by atoms with Crippen LogP contribution < -0.4 is 11.1 Å². The Morgan fingerprint density at radius 3 is 2.67 bits per heavy atom. The summed E-state index contributed by atoms with van der Waals surface area (Å²) in [4.78, 5) is 14.5. The molecule has 4 heteroatoms. The molecule has 2 aliphatic rings. The van der Waals surface area contributed by atoms with Crippen molar-refractivity contribution in [1.82, 2.24) is 10.2 Å². The van der Waals surface area contributed by atoms with Gasteiger partial charge < -0.3 is 16.0 Å². The molecule has 1 aromatic carbocycles. The van der Waals surface area contributed by atoms with Crippen LogP contribution in [0.15, 0.2) is 24.3 Å². The molecule has 21 heavy (non-hydrogen) atoms. The maximum absolute atomic E-state index is 12.5. The lowest BCUT2D eigenvalue weighted by atomic mass is 9.91. The second-order valence-electron chi connectivity index (χ2n) is 6.49. The van der Waals surface area contributed by atoms with E-state index in [2.05, 4.69) is 23.5 Å². The highest BCUT2D eigenvalue weighted by Crippen LogP contribution is 2.44. The van der Waals surface area contributed by atoms with Gasteiger partial charge in [-0.2, -0.15) is 0 Å². The zero-order valence-corrected chi connectivity index (χ0v) is 12.8. The van der Waals surface area contributed by atoms with Crippen LogP contribution in [0.4, 0.5) is 0 Å². The molecule has 2 fully saturated rings. The molecular formula is C17H25N3O. The number of nitrogens with one attached hydrogen (secondary N) is 1. The predicted octanol–water partition coefficient (Wildman–Crippen LogP) is 1.24. The van der Waals surface area contributed by atoms with Crippen LogP contribution in [0, 0.1) is 5.92 Å². The third kappa shape index (κ3) is 3.11. The summed E-state index contributed by atoms with van der Waals surface area (Å²) >= 11 is 0. The van der Waals surface area contributed by atoms with Crippen LogP contribution >= 0.6 is 0 Å². The van der Waals surface area contributed by atoms with Crippen LogP contribution in [0.25, 0.3) is 0 Å². The number of amides is 1. The zero-order chi connectivity index (χ0) is 14.9. The van der Waals surface area contributed by atoms with Crippen molar-refractivity contribution in [2.24, 2.45) is 11.7 Å². The standard InChI is InChI=1S/C17H25N3O/c1-13(16(21)20-10-8-19-9-11-20)12-14-4-2-3-5-15(14)17(18)6-7-17/h2-5,13,19H,6-12,18H2,1H3. The molecule has 1 aliphatic carbocycles. The van der Waals surface area contributed by atoms with Crippen molar-refractivity contribution in [3.63, 3.8) is 0 Å². The van der Waals surface area contributed by atoms with Crippen molar-refractivity contribution in [3.05, 3.63) is 35.4 Å². The van der Waals surface area contributed by atoms with E-state index >= 15 is 0 Å². The summed E-state index contributed by atoms with van der Waals surface area (Å²) in [6.07, 6.45) is 2.91. The molecular weight excluding hydrogens is 262 g/mol. The van der Waals surface area contributed by atoms with E-state index < -0.39 is 0 Å². The molecule has 1 saturated carbocycles. The number of rotatable bonds is 4. The first kappa shape index (κ1) is 14.5. The lowest BCUT2D eigenvalue weighted by Crippen LogP contribution is -2.48. The summed E-state index contributed by atoms with van der Waals surface area (Å²) < 4.78 is 0. The molecule has 1 aromatic rings. The highest BCUT2D eigenvalue weighted by Gasteiger charge is 2.41. The van der Waals surface area contributed by atoms with Crippen LogP contribution in [0.1, 0.15) is 30.9 Å². The minimum atomic E-state index is -0.131. The van der Waals surface area contributed by atoms with E-state index in [1.807, 2.05) is 17.9 Å². The molecule has 1 atom stereocenters. The van der Waals surface area contributed by atoms with Crippen molar-refractivity contribution < 1.29 is 4.79 Å². The van der Waals surface area contributed by atoms with Gasteiger partial charge in [0.1, 0.15) is 0 Å². The number of carbonyl (C=O) groups excluding carboxylic acids is 1. The van der Waals surface area contributed by atoms with E-state index in [0.717, 1.165) is 45.4 Å². The SMILES string of the molecule is CC(Cc1ccccc1C1(N)CC1)C(=O)N1CCNCC1. The first-order valence-electron chi connectivity index (χ1n) is 7.97. The summed E-state index contributed by atoms with van der Waals surface area (Å²) in [6.45, 7) is 5.50. The second kappa shape index (κ2) is 5.78. The second-order valence-corrected chi connectivity index (χ2v) is 6.49. The fourth-order valence-corrected chi connectivity index (χ4v) is 3.20. The van der Waals surface area contributed by atoms with Gasteiger partial charge >= 0.3 is 0 Å². The average molecular weight is 287 g/mol. The van der Waals surface area contributed by atoms with E-state index in [1.165, 1.54) is 11.1 Å². The lowest BCUT2D eigenvalue weighted by molar-refractivity contribution is -0.135. The van der Waals surface area contributed by atoms with Crippen molar-refractivity contribution in [3.8, 4) is 0 Å². The Bertz CT molecular complexity index is 519. The van der Waals surface area contributed by atoms with Gasteiger partial charge in [-0.3, -0.25) is 4.79 Å². The largest absolute Gasteiger partial charge is 0.340 e. The van der Waals surface area contributed by atoms with Gasteiger partial charge in [-0.25, -0.2) is 0 Å². The monoisotopic (exact) mass is 287 g/mol. The third-order valence-corrected chi connectivity index (χ3v) is 4.72. The zero-order valence-electron chi connectivity index (χ0n) is 12.8. The van der Waals surface area contributed by atoms with Gasteiger partial charge in [0.05, 0.1) is 0 Å². The molecule has 3 rings (SSSR count). The predicted molar refractivity (Wildman–Crippen MR) is 83.9 cm³/mol. The van der Waals surface area contributed by atoms with E-state index in [0.29, 0.717) is 0 Å². The number of piperazine rings is 1. The summed E-state index contributed by atoms with van der Waals surface area (Å²) in [5, 5.41) is 3.29. The minimum Gasteiger partial charge on any atom is -0.340 e. The molecule has 0 bridgehead atoms. The number of hydrogen-bond acceptors (Lipinski definition) is 3. The Balaban J connectivity index is 1.70. The maximum Gasteiger partial charge on any atom is 0.225 e. The summed E-state index contributed by atoms with van der Waals surface area (Å²) in [6, 6.07) is 8.36. The van der Waals surface area contributed by atoms with Crippen molar-refractivity contribution in [1.29, 1.82) is 0 Å². The van der Waals surface area contributed by atoms with Crippen molar-refractivity contribution in [2.45, 2.75) is 31.7 Å². The number of carbonyl (C=O) groups is 1. The Labute approximate surface area is 126 Å². The van der Waals surface area contributed by atoms with Crippen molar-refractivity contribution in [2.75, 3.05) is 26.2 Å². The normalized spacial score (nSPS) is 21.9. The lowest BCUT2D eigenvalue weighted by Gasteiger charge is -2.30. The van der Waals surface area contributed by atoms with Gasteiger partial charge in [-0.05, 0) is 30.4 Å². The van der Waals surface area contributed by atoms with Gasteiger partial charge in [-0.15, -0.1) is 0 Å². The highest BCUT2D eigenvalue weighted by atomic mass is 16.2. The molecule has 0 radical (unpaired) electrons. The molecule has 1 saturated heterocycles. The van der Waals surface area contributed by atoms with Crippen LogP contribution in [0.5, 0.6) is 0 Å². The number of hydrogen-bond donors (Lipinski definition) is 2. The summed E-state index contributed by atoms with van der Waals surface area (Å²) in [7, 11) is 0. The van der Waals surface area contributed by atoms with Gasteiger partial charge in [0.2, 0.25) is 5.91 Å². The maximum atomic E-state index is 12.5.